The van der Waals surface area contributed by atoms with Crippen LogP contribution in [0.25, 0.3) is 0 Å². The van der Waals surface area contributed by atoms with E-state index in [2.05, 4.69) is 10.6 Å². The molecule has 3 heteroatoms. The molecular formula is C11H20N2O. The standard InChI is InChI=1S/C11H20N2O/c14-11(10-4-1-5-10)13-8-9-3-2-6-12-7-9/h9-10,12H,1-8H2,(H,13,14). The summed E-state index contributed by atoms with van der Waals surface area (Å²) < 4.78 is 0. The highest BCUT2D eigenvalue weighted by Gasteiger charge is 2.25. The van der Waals surface area contributed by atoms with Gasteiger partial charge in [0, 0.05) is 12.5 Å². The van der Waals surface area contributed by atoms with Gasteiger partial charge in [-0.05, 0) is 44.7 Å². The zero-order valence-corrected chi connectivity index (χ0v) is 8.72. The molecule has 0 spiro atoms. The lowest BCUT2D eigenvalue weighted by atomic mass is 9.84. The fourth-order valence-electron chi connectivity index (χ4n) is 2.16. The van der Waals surface area contributed by atoms with Gasteiger partial charge in [-0.2, -0.15) is 0 Å². The predicted octanol–water partition coefficient (Wildman–Crippen LogP) is 0.902. The van der Waals surface area contributed by atoms with E-state index in [1.54, 1.807) is 0 Å². The first-order valence-electron chi connectivity index (χ1n) is 5.84. The number of hydrogen-bond donors (Lipinski definition) is 2. The molecule has 1 saturated heterocycles. The van der Waals surface area contributed by atoms with Gasteiger partial charge < -0.3 is 10.6 Å². The zero-order chi connectivity index (χ0) is 9.80. The molecule has 0 aromatic heterocycles. The van der Waals surface area contributed by atoms with E-state index in [1.807, 2.05) is 0 Å². The van der Waals surface area contributed by atoms with Crippen LogP contribution in [-0.4, -0.2) is 25.5 Å². The predicted molar refractivity (Wildman–Crippen MR) is 55.9 cm³/mol. The highest BCUT2D eigenvalue weighted by Crippen LogP contribution is 2.26. The van der Waals surface area contributed by atoms with E-state index in [0.29, 0.717) is 17.7 Å². The van der Waals surface area contributed by atoms with Crippen LogP contribution < -0.4 is 10.6 Å². The van der Waals surface area contributed by atoms with Crippen LogP contribution in [0.5, 0.6) is 0 Å². The van der Waals surface area contributed by atoms with E-state index in [9.17, 15) is 4.79 Å². The number of carbonyl (C=O) groups is 1. The molecule has 3 nitrogen and oxygen atoms in total. The zero-order valence-electron chi connectivity index (χ0n) is 8.72. The van der Waals surface area contributed by atoms with Gasteiger partial charge in [0.05, 0.1) is 0 Å². The first-order chi connectivity index (χ1) is 6.86. The lowest BCUT2D eigenvalue weighted by Crippen LogP contribution is -2.41. The Balaban J connectivity index is 1.62. The molecule has 2 aliphatic rings. The summed E-state index contributed by atoms with van der Waals surface area (Å²) in [6.45, 7) is 3.10. The van der Waals surface area contributed by atoms with E-state index >= 15 is 0 Å². The van der Waals surface area contributed by atoms with Gasteiger partial charge in [-0.1, -0.05) is 6.42 Å². The Morgan fingerprint density at radius 1 is 1.29 bits per heavy atom. The monoisotopic (exact) mass is 196 g/mol. The number of rotatable bonds is 3. The van der Waals surface area contributed by atoms with Crippen LogP contribution >= 0.6 is 0 Å². The fourth-order valence-corrected chi connectivity index (χ4v) is 2.16. The minimum atomic E-state index is 0.293. The Morgan fingerprint density at radius 3 is 2.71 bits per heavy atom. The number of nitrogens with one attached hydrogen (secondary N) is 2. The smallest absolute Gasteiger partial charge is 0.223 e. The second-order valence-electron chi connectivity index (χ2n) is 4.59. The summed E-state index contributed by atoms with van der Waals surface area (Å²) in [5.74, 6) is 1.29. The first kappa shape index (κ1) is 9.97. The number of amides is 1. The molecule has 1 heterocycles. The molecule has 2 N–H and O–H groups in total. The molecule has 1 saturated carbocycles. The van der Waals surface area contributed by atoms with Crippen molar-refractivity contribution in [3.63, 3.8) is 0 Å². The Bertz CT molecular complexity index is 195. The number of hydrogen-bond acceptors (Lipinski definition) is 2. The average molecular weight is 196 g/mol. The maximum Gasteiger partial charge on any atom is 0.223 e. The lowest BCUT2D eigenvalue weighted by molar-refractivity contribution is -0.127. The van der Waals surface area contributed by atoms with E-state index in [1.165, 1.54) is 19.3 Å². The topological polar surface area (TPSA) is 41.1 Å². The van der Waals surface area contributed by atoms with Gasteiger partial charge in [0.15, 0.2) is 0 Å². The van der Waals surface area contributed by atoms with E-state index in [4.69, 9.17) is 0 Å². The molecule has 1 atom stereocenters. The number of piperidine rings is 1. The molecule has 0 aromatic rings. The maximum absolute atomic E-state index is 11.5. The Labute approximate surface area is 85.6 Å². The molecule has 1 aliphatic heterocycles. The van der Waals surface area contributed by atoms with Crippen LogP contribution in [0.4, 0.5) is 0 Å². The summed E-state index contributed by atoms with van der Waals surface area (Å²) in [7, 11) is 0. The summed E-state index contributed by atoms with van der Waals surface area (Å²) in [5.41, 5.74) is 0. The van der Waals surface area contributed by atoms with Crippen LogP contribution in [0.1, 0.15) is 32.1 Å². The molecule has 14 heavy (non-hydrogen) atoms. The molecule has 1 unspecified atom stereocenters. The van der Waals surface area contributed by atoms with Gasteiger partial charge in [-0.3, -0.25) is 4.79 Å². The fraction of sp³-hybridized carbons (Fsp3) is 0.909. The van der Waals surface area contributed by atoms with Crippen LogP contribution in [-0.2, 0) is 4.79 Å². The van der Waals surface area contributed by atoms with Gasteiger partial charge in [0.1, 0.15) is 0 Å². The third-order valence-electron chi connectivity index (χ3n) is 3.44. The van der Waals surface area contributed by atoms with Crippen LogP contribution in [0, 0.1) is 11.8 Å². The second kappa shape index (κ2) is 4.78. The Hall–Kier alpha value is -0.570. The van der Waals surface area contributed by atoms with Crippen molar-refractivity contribution in [2.45, 2.75) is 32.1 Å². The van der Waals surface area contributed by atoms with Crippen LogP contribution in [0.2, 0.25) is 0 Å². The second-order valence-corrected chi connectivity index (χ2v) is 4.59. The van der Waals surface area contributed by atoms with Gasteiger partial charge in [-0.15, -0.1) is 0 Å². The SMILES string of the molecule is O=C(NCC1CCCNC1)C1CCC1. The van der Waals surface area contributed by atoms with E-state index < -0.39 is 0 Å². The van der Waals surface area contributed by atoms with Crippen molar-refractivity contribution in [3.8, 4) is 0 Å². The van der Waals surface area contributed by atoms with Crippen molar-refractivity contribution < 1.29 is 4.79 Å². The minimum absolute atomic E-state index is 0.293. The molecule has 2 fully saturated rings. The van der Waals surface area contributed by atoms with Gasteiger partial charge >= 0.3 is 0 Å². The van der Waals surface area contributed by atoms with Crippen molar-refractivity contribution in [3.05, 3.63) is 0 Å². The van der Waals surface area contributed by atoms with Gasteiger partial charge in [0.25, 0.3) is 0 Å². The highest BCUT2D eigenvalue weighted by molar-refractivity contribution is 5.79. The lowest BCUT2D eigenvalue weighted by Gasteiger charge is -2.27. The summed E-state index contributed by atoms with van der Waals surface area (Å²) >= 11 is 0. The first-order valence-corrected chi connectivity index (χ1v) is 5.84. The molecule has 2 rings (SSSR count). The summed E-state index contributed by atoms with van der Waals surface area (Å²) in [5, 5.41) is 6.44. The molecule has 0 radical (unpaired) electrons. The van der Waals surface area contributed by atoms with E-state index in [0.717, 1.165) is 32.5 Å². The van der Waals surface area contributed by atoms with Crippen molar-refractivity contribution in [1.29, 1.82) is 0 Å². The highest BCUT2D eigenvalue weighted by atomic mass is 16.1. The van der Waals surface area contributed by atoms with Crippen molar-refractivity contribution in [2.75, 3.05) is 19.6 Å². The van der Waals surface area contributed by atoms with Crippen LogP contribution in [0.15, 0.2) is 0 Å². The normalized spacial score (nSPS) is 28.1. The van der Waals surface area contributed by atoms with Gasteiger partial charge in [-0.25, -0.2) is 0 Å². The quantitative estimate of drug-likeness (QED) is 0.704. The summed E-state index contributed by atoms with van der Waals surface area (Å²) in [6, 6.07) is 0. The van der Waals surface area contributed by atoms with Crippen molar-refractivity contribution in [1.82, 2.24) is 10.6 Å². The Morgan fingerprint density at radius 2 is 2.14 bits per heavy atom. The Kier molecular flexibility index (Phi) is 3.40. The maximum atomic E-state index is 11.5. The molecule has 0 aromatic carbocycles. The average Bonchev–Trinajstić information content (AvgIpc) is 2.14. The van der Waals surface area contributed by atoms with E-state index in [-0.39, 0.29) is 0 Å². The molecule has 1 amide bonds. The minimum Gasteiger partial charge on any atom is -0.356 e. The molecular weight excluding hydrogens is 176 g/mol. The molecule has 1 aliphatic carbocycles. The van der Waals surface area contributed by atoms with Gasteiger partial charge in [0.2, 0.25) is 5.91 Å². The summed E-state index contributed by atoms with van der Waals surface area (Å²) in [6.07, 6.45) is 5.97. The molecule has 80 valence electrons. The van der Waals surface area contributed by atoms with Crippen molar-refractivity contribution in [2.24, 2.45) is 11.8 Å². The molecule has 0 bridgehead atoms. The van der Waals surface area contributed by atoms with Crippen molar-refractivity contribution >= 4 is 5.91 Å². The van der Waals surface area contributed by atoms with Crippen LogP contribution in [0.3, 0.4) is 0 Å². The summed E-state index contributed by atoms with van der Waals surface area (Å²) in [4.78, 5) is 11.5. The number of carbonyl (C=O) groups excluding carboxylic acids is 1. The third kappa shape index (κ3) is 2.47. The third-order valence-corrected chi connectivity index (χ3v) is 3.44. The largest absolute Gasteiger partial charge is 0.356 e.